The molecule has 0 fully saturated rings. The van der Waals surface area contributed by atoms with Crippen molar-refractivity contribution in [3.05, 3.63) is 84.4 Å². The molecular formula is C20H21NO4. The van der Waals surface area contributed by atoms with Crippen molar-refractivity contribution in [3.8, 4) is 0 Å². The zero-order chi connectivity index (χ0) is 18.1. The number of carbonyl (C=O) groups is 2. The first-order valence-electron chi connectivity index (χ1n) is 7.96. The minimum Gasteiger partial charge on any atom is -0.480 e. The molecule has 5 heteroatoms. The molecule has 0 heterocycles. The van der Waals surface area contributed by atoms with Crippen LogP contribution in [0.4, 0.5) is 4.79 Å². The third-order valence-electron chi connectivity index (χ3n) is 3.69. The molecule has 0 saturated carbocycles. The lowest BCUT2D eigenvalue weighted by molar-refractivity contribution is -0.142. The van der Waals surface area contributed by atoms with Gasteiger partial charge < -0.3 is 9.84 Å². The zero-order valence-electron chi connectivity index (χ0n) is 13.9. The Morgan fingerprint density at radius 3 is 2.12 bits per heavy atom. The number of hydrogen-bond donors (Lipinski definition) is 1. The second-order valence-electron chi connectivity index (χ2n) is 5.53. The summed E-state index contributed by atoms with van der Waals surface area (Å²) in [5.41, 5.74) is 1.67. The molecule has 0 aliphatic rings. The molecule has 0 saturated heterocycles. The summed E-state index contributed by atoms with van der Waals surface area (Å²) in [6.45, 7) is 3.82. The second kappa shape index (κ2) is 9.27. The first-order chi connectivity index (χ1) is 12.1. The molecule has 2 rings (SSSR count). The number of carbonyl (C=O) groups excluding carboxylic acids is 1. The van der Waals surface area contributed by atoms with Crippen LogP contribution in [-0.4, -0.2) is 28.1 Å². The summed E-state index contributed by atoms with van der Waals surface area (Å²) in [4.78, 5) is 25.4. The van der Waals surface area contributed by atoms with Gasteiger partial charge in [0.05, 0.1) is 0 Å². The quantitative estimate of drug-likeness (QED) is 0.742. The molecule has 2 aromatic rings. The van der Waals surface area contributed by atoms with E-state index in [-0.39, 0.29) is 19.6 Å². The lowest BCUT2D eigenvalue weighted by Crippen LogP contribution is -2.44. The van der Waals surface area contributed by atoms with E-state index in [1.54, 1.807) is 0 Å². The molecule has 0 aromatic heterocycles. The Balaban J connectivity index is 2.15. The maximum atomic E-state index is 12.5. The average Bonchev–Trinajstić information content (AvgIpc) is 2.64. The van der Waals surface area contributed by atoms with Crippen molar-refractivity contribution in [1.29, 1.82) is 0 Å². The molecular weight excluding hydrogens is 318 g/mol. The van der Waals surface area contributed by atoms with E-state index in [1.807, 2.05) is 60.7 Å². The highest BCUT2D eigenvalue weighted by Gasteiger charge is 2.30. The van der Waals surface area contributed by atoms with Gasteiger partial charge in [-0.05, 0) is 17.5 Å². The Morgan fingerprint density at radius 1 is 1.04 bits per heavy atom. The highest BCUT2D eigenvalue weighted by atomic mass is 16.6. The summed E-state index contributed by atoms with van der Waals surface area (Å²) >= 11 is 0. The fraction of sp³-hybridized carbons (Fsp3) is 0.200. The molecule has 0 spiro atoms. The van der Waals surface area contributed by atoms with E-state index in [0.29, 0.717) is 0 Å². The molecule has 1 amide bonds. The van der Waals surface area contributed by atoms with E-state index in [2.05, 4.69) is 6.58 Å². The number of rotatable bonds is 8. The number of nitrogens with zero attached hydrogens (tertiary/aromatic N) is 1. The highest BCUT2D eigenvalue weighted by Crippen LogP contribution is 2.15. The maximum absolute atomic E-state index is 12.5. The third-order valence-corrected chi connectivity index (χ3v) is 3.69. The topological polar surface area (TPSA) is 66.8 Å². The van der Waals surface area contributed by atoms with E-state index < -0.39 is 18.1 Å². The first-order valence-corrected chi connectivity index (χ1v) is 7.96. The molecule has 1 atom stereocenters. The second-order valence-corrected chi connectivity index (χ2v) is 5.53. The van der Waals surface area contributed by atoms with E-state index in [1.165, 1.54) is 11.0 Å². The van der Waals surface area contributed by atoms with Crippen molar-refractivity contribution in [2.45, 2.75) is 25.6 Å². The van der Waals surface area contributed by atoms with Gasteiger partial charge in [0, 0.05) is 6.54 Å². The predicted octanol–water partition coefficient (Wildman–Crippen LogP) is 3.85. The Morgan fingerprint density at radius 2 is 1.60 bits per heavy atom. The minimum absolute atomic E-state index is 0.0887. The van der Waals surface area contributed by atoms with Crippen LogP contribution in [0.3, 0.4) is 0 Å². The van der Waals surface area contributed by atoms with Crippen molar-refractivity contribution >= 4 is 12.1 Å². The molecule has 0 aliphatic heterocycles. The number of amides is 1. The molecule has 0 aliphatic carbocycles. The predicted molar refractivity (Wildman–Crippen MR) is 94.8 cm³/mol. The summed E-state index contributed by atoms with van der Waals surface area (Å²) in [7, 11) is 0. The van der Waals surface area contributed by atoms with E-state index in [0.717, 1.165) is 11.1 Å². The minimum atomic E-state index is -1.09. The lowest BCUT2D eigenvalue weighted by atomic mass is 10.1. The number of aliphatic carboxylic acids is 1. The van der Waals surface area contributed by atoms with Gasteiger partial charge in [-0.15, -0.1) is 6.58 Å². The lowest BCUT2D eigenvalue weighted by Gasteiger charge is -2.27. The van der Waals surface area contributed by atoms with Crippen LogP contribution in [0.2, 0.25) is 0 Å². The van der Waals surface area contributed by atoms with Gasteiger partial charge in [-0.3, -0.25) is 4.90 Å². The van der Waals surface area contributed by atoms with Crippen LogP contribution < -0.4 is 0 Å². The Labute approximate surface area is 147 Å². The summed E-state index contributed by atoms with van der Waals surface area (Å²) in [5.74, 6) is -1.09. The van der Waals surface area contributed by atoms with Gasteiger partial charge in [0.25, 0.3) is 0 Å². The van der Waals surface area contributed by atoms with Crippen molar-refractivity contribution < 1.29 is 19.4 Å². The fourth-order valence-electron chi connectivity index (χ4n) is 2.40. The van der Waals surface area contributed by atoms with Crippen LogP contribution in [0.15, 0.2) is 73.3 Å². The van der Waals surface area contributed by atoms with Crippen molar-refractivity contribution in [1.82, 2.24) is 4.90 Å². The molecule has 130 valence electrons. The van der Waals surface area contributed by atoms with Gasteiger partial charge in [-0.2, -0.15) is 0 Å². The smallest absolute Gasteiger partial charge is 0.411 e. The van der Waals surface area contributed by atoms with Gasteiger partial charge >= 0.3 is 12.1 Å². The average molecular weight is 339 g/mol. The molecule has 5 nitrogen and oxygen atoms in total. The Kier molecular flexibility index (Phi) is 6.77. The van der Waals surface area contributed by atoms with Crippen molar-refractivity contribution in [3.63, 3.8) is 0 Å². The summed E-state index contributed by atoms with van der Waals surface area (Å²) in [5, 5.41) is 9.49. The van der Waals surface area contributed by atoms with Gasteiger partial charge in [-0.1, -0.05) is 66.7 Å². The number of carboxylic acids is 1. The van der Waals surface area contributed by atoms with Crippen LogP contribution >= 0.6 is 0 Å². The SMILES string of the molecule is C=CC[C@@H](C(=O)O)N(Cc1ccccc1)C(=O)OCc1ccccc1. The highest BCUT2D eigenvalue weighted by molar-refractivity contribution is 5.80. The standard InChI is InChI=1S/C20H21NO4/c1-2-9-18(19(22)23)21(14-16-10-5-3-6-11-16)20(24)25-15-17-12-7-4-8-13-17/h2-8,10-13,18H,1,9,14-15H2,(H,22,23)/t18-/m0/s1. The van der Waals surface area contributed by atoms with Gasteiger partial charge in [0.1, 0.15) is 12.6 Å². The normalized spacial score (nSPS) is 11.4. The first kappa shape index (κ1) is 18.3. The monoisotopic (exact) mass is 339 g/mol. The number of ether oxygens (including phenoxy) is 1. The third kappa shape index (κ3) is 5.49. The van der Waals surface area contributed by atoms with Crippen LogP contribution in [0.25, 0.3) is 0 Å². The molecule has 0 bridgehead atoms. The number of hydrogen-bond acceptors (Lipinski definition) is 3. The summed E-state index contributed by atoms with van der Waals surface area (Å²) < 4.78 is 5.33. The fourth-order valence-corrected chi connectivity index (χ4v) is 2.40. The van der Waals surface area contributed by atoms with Crippen molar-refractivity contribution in [2.75, 3.05) is 0 Å². The summed E-state index contributed by atoms with van der Waals surface area (Å²) in [6, 6.07) is 17.4. The molecule has 0 unspecified atom stereocenters. The Bertz CT molecular complexity index is 700. The molecule has 0 radical (unpaired) electrons. The number of benzene rings is 2. The van der Waals surface area contributed by atoms with E-state index >= 15 is 0 Å². The maximum Gasteiger partial charge on any atom is 0.411 e. The van der Waals surface area contributed by atoms with E-state index in [9.17, 15) is 14.7 Å². The molecule has 1 N–H and O–H groups in total. The van der Waals surface area contributed by atoms with Crippen LogP contribution in [0.5, 0.6) is 0 Å². The van der Waals surface area contributed by atoms with Crippen molar-refractivity contribution in [2.24, 2.45) is 0 Å². The molecule has 25 heavy (non-hydrogen) atoms. The van der Waals surface area contributed by atoms with Gasteiger partial charge in [0.2, 0.25) is 0 Å². The molecule has 2 aromatic carbocycles. The van der Waals surface area contributed by atoms with E-state index in [4.69, 9.17) is 4.74 Å². The summed E-state index contributed by atoms with van der Waals surface area (Å²) in [6.07, 6.45) is 0.964. The largest absolute Gasteiger partial charge is 0.480 e. The van der Waals surface area contributed by atoms with Crippen LogP contribution in [-0.2, 0) is 22.7 Å². The Hall–Kier alpha value is -3.08. The number of carboxylic acid groups (broad SMARTS) is 1. The van der Waals surface area contributed by atoms with Crippen LogP contribution in [0, 0.1) is 0 Å². The van der Waals surface area contributed by atoms with Crippen LogP contribution in [0.1, 0.15) is 17.5 Å². The zero-order valence-corrected chi connectivity index (χ0v) is 13.9. The van der Waals surface area contributed by atoms with Gasteiger partial charge in [-0.25, -0.2) is 9.59 Å². The van der Waals surface area contributed by atoms with Gasteiger partial charge in [0.15, 0.2) is 0 Å².